The summed E-state index contributed by atoms with van der Waals surface area (Å²) in [5, 5.41) is 2.85. The zero-order valence-corrected chi connectivity index (χ0v) is 19.1. The summed E-state index contributed by atoms with van der Waals surface area (Å²) in [5.41, 5.74) is 4.80. The predicted octanol–water partition coefficient (Wildman–Crippen LogP) is 4.45. The SMILES string of the molecule is Cc1cccc(NC(=O)C(Cc2ccccc2)NS(=O)(=O)c2c(C)cc(C)cc2C)c1. The van der Waals surface area contributed by atoms with Gasteiger partial charge in [-0.05, 0) is 68.5 Å². The summed E-state index contributed by atoms with van der Waals surface area (Å²) < 4.78 is 29.3. The van der Waals surface area contributed by atoms with Gasteiger partial charge in [-0.1, -0.05) is 60.2 Å². The zero-order chi connectivity index (χ0) is 22.6. The van der Waals surface area contributed by atoms with E-state index in [1.165, 1.54) is 0 Å². The quantitative estimate of drug-likeness (QED) is 0.575. The largest absolute Gasteiger partial charge is 0.325 e. The molecule has 3 aromatic rings. The number of sulfonamides is 1. The van der Waals surface area contributed by atoms with Crippen molar-refractivity contribution < 1.29 is 13.2 Å². The van der Waals surface area contributed by atoms with Crippen LogP contribution in [0.15, 0.2) is 71.6 Å². The Kier molecular flexibility index (Phi) is 6.93. The normalized spacial score (nSPS) is 12.4. The van der Waals surface area contributed by atoms with Crippen molar-refractivity contribution in [1.29, 1.82) is 0 Å². The van der Waals surface area contributed by atoms with Crippen molar-refractivity contribution in [1.82, 2.24) is 4.72 Å². The summed E-state index contributed by atoms with van der Waals surface area (Å²) >= 11 is 0. The van der Waals surface area contributed by atoms with Crippen molar-refractivity contribution in [3.63, 3.8) is 0 Å². The van der Waals surface area contributed by atoms with Gasteiger partial charge in [0.15, 0.2) is 0 Å². The topological polar surface area (TPSA) is 75.3 Å². The van der Waals surface area contributed by atoms with Crippen molar-refractivity contribution in [2.45, 2.75) is 45.1 Å². The molecule has 0 saturated heterocycles. The third kappa shape index (κ3) is 5.81. The number of amides is 1. The first-order valence-electron chi connectivity index (χ1n) is 10.2. The van der Waals surface area contributed by atoms with E-state index in [-0.39, 0.29) is 11.3 Å². The van der Waals surface area contributed by atoms with Gasteiger partial charge in [-0.2, -0.15) is 4.72 Å². The molecular formula is C25H28N2O3S. The van der Waals surface area contributed by atoms with Crippen LogP contribution in [0.1, 0.15) is 27.8 Å². The highest BCUT2D eigenvalue weighted by Crippen LogP contribution is 2.22. The minimum Gasteiger partial charge on any atom is -0.325 e. The lowest BCUT2D eigenvalue weighted by atomic mass is 10.1. The molecule has 0 aliphatic carbocycles. The van der Waals surface area contributed by atoms with Crippen LogP contribution in [0.4, 0.5) is 5.69 Å². The van der Waals surface area contributed by atoms with Crippen molar-refractivity contribution in [2.24, 2.45) is 0 Å². The van der Waals surface area contributed by atoms with Crippen molar-refractivity contribution in [2.75, 3.05) is 5.32 Å². The van der Waals surface area contributed by atoms with Gasteiger partial charge in [0.1, 0.15) is 6.04 Å². The number of hydrogen-bond acceptors (Lipinski definition) is 3. The Morgan fingerprint density at radius 2 is 1.48 bits per heavy atom. The molecule has 0 spiro atoms. The average molecular weight is 437 g/mol. The smallest absolute Gasteiger partial charge is 0.242 e. The Hall–Kier alpha value is -2.96. The molecule has 3 aromatic carbocycles. The average Bonchev–Trinajstić information content (AvgIpc) is 2.67. The molecule has 0 fully saturated rings. The predicted molar refractivity (Wildman–Crippen MR) is 125 cm³/mol. The molecule has 0 heterocycles. The van der Waals surface area contributed by atoms with E-state index < -0.39 is 22.0 Å². The molecule has 1 unspecified atom stereocenters. The van der Waals surface area contributed by atoms with Gasteiger partial charge in [0.2, 0.25) is 15.9 Å². The van der Waals surface area contributed by atoms with Crippen LogP contribution in [-0.4, -0.2) is 20.4 Å². The second kappa shape index (κ2) is 9.45. The molecule has 162 valence electrons. The van der Waals surface area contributed by atoms with Gasteiger partial charge in [0.05, 0.1) is 4.90 Å². The summed E-state index contributed by atoms with van der Waals surface area (Å²) in [6.45, 7) is 7.40. The number of nitrogens with one attached hydrogen (secondary N) is 2. The van der Waals surface area contributed by atoms with E-state index >= 15 is 0 Å². The van der Waals surface area contributed by atoms with Gasteiger partial charge < -0.3 is 5.32 Å². The fourth-order valence-electron chi connectivity index (χ4n) is 3.83. The van der Waals surface area contributed by atoms with E-state index in [0.29, 0.717) is 16.8 Å². The van der Waals surface area contributed by atoms with Crippen molar-refractivity contribution in [3.8, 4) is 0 Å². The van der Waals surface area contributed by atoms with Crippen LogP contribution in [0.5, 0.6) is 0 Å². The molecule has 1 amide bonds. The zero-order valence-electron chi connectivity index (χ0n) is 18.3. The first-order valence-corrected chi connectivity index (χ1v) is 11.7. The minimum absolute atomic E-state index is 0.222. The molecule has 0 radical (unpaired) electrons. The Morgan fingerprint density at radius 3 is 2.10 bits per heavy atom. The fraction of sp³-hybridized carbons (Fsp3) is 0.240. The first kappa shape index (κ1) is 22.7. The van der Waals surface area contributed by atoms with Crippen molar-refractivity contribution >= 4 is 21.6 Å². The molecule has 2 N–H and O–H groups in total. The summed E-state index contributed by atoms with van der Waals surface area (Å²) in [5.74, 6) is -0.402. The van der Waals surface area contributed by atoms with Crippen LogP contribution in [0.2, 0.25) is 0 Å². The Balaban J connectivity index is 1.93. The Labute approximate surface area is 184 Å². The fourth-order valence-corrected chi connectivity index (χ4v) is 5.48. The van der Waals surface area contributed by atoms with Crippen LogP contribution in [-0.2, 0) is 21.2 Å². The molecule has 0 bridgehead atoms. The van der Waals surface area contributed by atoms with Gasteiger partial charge in [0.25, 0.3) is 0 Å². The maximum absolute atomic E-state index is 13.3. The van der Waals surface area contributed by atoms with Crippen LogP contribution in [0.25, 0.3) is 0 Å². The molecule has 1 atom stereocenters. The van der Waals surface area contributed by atoms with E-state index in [4.69, 9.17) is 0 Å². The monoisotopic (exact) mass is 436 g/mol. The highest BCUT2D eigenvalue weighted by Gasteiger charge is 2.28. The Bertz CT molecular complexity index is 1170. The highest BCUT2D eigenvalue weighted by atomic mass is 32.2. The maximum Gasteiger partial charge on any atom is 0.242 e. The highest BCUT2D eigenvalue weighted by molar-refractivity contribution is 7.89. The molecule has 0 aliphatic rings. The van der Waals surface area contributed by atoms with E-state index in [1.54, 1.807) is 19.9 Å². The second-order valence-electron chi connectivity index (χ2n) is 7.95. The van der Waals surface area contributed by atoms with E-state index in [9.17, 15) is 13.2 Å². The number of carbonyl (C=O) groups is 1. The molecule has 6 heteroatoms. The number of rotatable bonds is 7. The van der Waals surface area contributed by atoms with E-state index in [2.05, 4.69) is 10.0 Å². The lowest BCUT2D eigenvalue weighted by Crippen LogP contribution is -2.45. The van der Waals surface area contributed by atoms with E-state index in [1.807, 2.05) is 74.5 Å². The van der Waals surface area contributed by atoms with Gasteiger partial charge >= 0.3 is 0 Å². The lowest BCUT2D eigenvalue weighted by molar-refractivity contribution is -0.117. The van der Waals surface area contributed by atoms with Crippen LogP contribution in [0, 0.1) is 27.7 Å². The molecule has 0 aromatic heterocycles. The second-order valence-corrected chi connectivity index (χ2v) is 9.60. The summed E-state index contributed by atoms with van der Waals surface area (Å²) in [6.07, 6.45) is 0.238. The molecular weight excluding hydrogens is 408 g/mol. The van der Waals surface area contributed by atoms with Crippen molar-refractivity contribution in [3.05, 3.63) is 94.5 Å². The summed E-state index contributed by atoms with van der Waals surface area (Å²) in [7, 11) is -3.91. The third-order valence-corrected chi connectivity index (χ3v) is 6.83. The number of benzene rings is 3. The number of anilines is 1. The molecule has 0 saturated carbocycles. The molecule has 5 nitrogen and oxygen atoms in total. The number of hydrogen-bond donors (Lipinski definition) is 2. The molecule has 31 heavy (non-hydrogen) atoms. The molecule has 3 rings (SSSR count). The van der Waals surface area contributed by atoms with Gasteiger partial charge in [0, 0.05) is 5.69 Å². The summed E-state index contributed by atoms with van der Waals surface area (Å²) in [4.78, 5) is 13.3. The van der Waals surface area contributed by atoms with Gasteiger partial charge in [-0.25, -0.2) is 8.42 Å². The standard InChI is InChI=1S/C25H28N2O3S/c1-17-9-8-12-22(15-17)26-25(28)23(16-21-10-6-5-7-11-21)27-31(29,30)24-19(3)13-18(2)14-20(24)4/h5-15,23,27H,16H2,1-4H3,(H,26,28). The van der Waals surface area contributed by atoms with Gasteiger partial charge in [-0.3, -0.25) is 4.79 Å². The Morgan fingerprint density at radius 1 is 0.839 bits per heavy atom. The number of carbonyl (C=O) groups excluding carboxylic acids is 1. The number of aryl methyl sites for hydroxylation is 4. The van der Waals surface area contributed by atoms with Crippen LogP contribution >= 0.6 is 0 Å². The maximum atomic E-state index is 13.3. The lowest BCUT2D eigenvalue weighted by Gasteiger charge is -2.21. The van der Waals surface area contributed by atoms with Crippen LogP contribution in [0.3, 0.4) is 0 Å². The van der Waals surface area contributed by atoms with Crippen LogP contribution < -0.4 is 10.0 Å². The first-order chi connectivity index (χ1) is 14.7. The van der Waals surface area contributed by atoms with E-state index in [0.717, 1.165) is 16.7 Å². The third-order valence-electron chi connectivity index (χ3n) is 5.06. The minimum atomic E-state index is -3.91. The van der Waals surface area contributed by atoms with Gasteiger partial charge in [-0.15, -0.1) is 0 Å². The summed E-state index contributed by atoms with van der Waals surface area (Å²) in [6, 6.07) is 19.5. The molecule has 0 aliphatic heterocycles.